The van der Waals surface area contributed by atoms with Gasteiger partial charge in [0, 0.05) is 24.0 Å². The number of rotatable bonds is 4. The van der Waals surface area contributed by atoms with Crippen molar-refractivity contribution in [2.45, 2.75) is 37.4 Å². The zero-order valence-corrected chi connectivity index (χ0v) is 18.8. The topological polar surface area (TPSA) is 61.4 Å². The highest BCUT2D eigenvalue weighted by Gasteiger charge is 2.56. The van der Waals surface area contributed by atoms with Crippen LogP contribution in [-0.2, 0) is 10.3 Å². The molecule has 7 nitrogen and oxygen atoms in total. The lowest BCUT2D eigenvalue weighted by Crippen LogP contribution is -2.50. The van der Waals surface area contributed by atoms with Crippen molar-refractivity contribution in [2.24, 2.45) is 0 Å². The van der Waals surface area contributed by atoms with Crippen LogP contribution in [0.15, 0.2) is 69.1 Å². The maximum Gasteiger partial charge on any atom is 0.352 e. The summed E-state index contributed by atoms with van der Waals surface area (Å²) in [5.74, 6) is 0. The number of ether oxygens (including phenoxy) is 1. The fourth-order valence-corrected chi connectivity index (χ4v) is 6.15. The summed E-state index contributed by atoms with van der Waals surface area (Å²) in [6.07, 6.45) is 4.01. The van der Waals surface area contributed by atoms with E-state index in [9.17, 15) is 9.59 Å². The van der Waals surface area contributed by atoms with Gasteiger partial charge >= 0.3 is 11.4 Å². The third kappa shape index (κ3) is 2.86. The molecule has 8 heteroatoms. The van der Waals surface area contributed by atoms with Crippen LogP contribution in [0.25, 0.3) is 5.69 Å². The van der Waals surface area contributed by atoms with E-state index < -0.39 is 5.54 Å². The third-order valence-corrected chi connectivity index (χ3v) is 8.08. The molecule has 166 valence electrons. The van der Waals surface area contributed by atoms with Gasteiger partial charge in [0.25, 0.3) is 0 Å². The van der Waals surface area contributed by atoms with Crippen molar-refractivity contribution in [1.82, 2.24) is 18.8 Å². The first-order chi connectivity index (χ1) is 15.6. The number of aromatic nitrogens is 3. The molecule has 1 spiro atoms. The molecule has 2 fully saturated rings. The second-order valence-electron chi connectivity index (χ2n) is 8.83. The van der Waals surface area contributed by atoms with Crippen molar-refractivity contribution in [3.63, 3.8) is 0 Å². The van der Waals surface area contributed by atoms with E-state index in [-0.39, 0.29) is 23.5 Å². The highest BCUT2D eigenvalue weighted by Crippen LogP contribution is 2.53. The number of morpholine rings is 1. The molecule has 1 saturated carbocycles. The smallest absolute Gasteiger partial charge is 0.352 e. The standard InChI is InChI=1S/C24H26N4O3S/c1-17(25-11-13-31-14-12-25)19-16-20(21-8-5-15-32-21)27-22(29)26(18-6-3-2-4-7-18)23(30)28(27)24(19)9-10-24/h2-8,15-17,20H,9-14H2,1H3. The minimum atomic E-state index is -0.415. The molecule has 0 bridgehead atoms. The first kappa shape index (κ1) is 20.0. The van der Waals surface area contributed by atoms with Crippen molar-refractivity contribution >= 4 is 11.3 Å². The Labute approximate surface area is 189 Å². The summed E-state index contributed by atoms with van der Waals surface area (Å²) < 4.78 is 10.4. The van der Waals surface area contributed by atoms with Gasteiger partial charge in [0.15, 0.2) is 0 Å². The van der Waals surface area contributed by atoms with Crippen LogP contribution in [0.2, 0.25) is 0 Å². The number of hydrogen-bond donors (Lipinski definition) is 0. The lowest BCUT2D eigenvalue weighted by molar-refractivity contribution is 0.0238. The summed E-state index contributed by atoms with van der Waals surface area (Å²) in [6, 6.07) is 13.2. The number of fused-ring (bicyclic) bond motifs is 2. The summed E-state index contributed by atoms with van der Waals surface area (Å²) in [4.78, 5) is 31.0. The first-order valence-corrected chi connectivity index (χ1v) is 12.1. The van der Waals surface area contributed by atoms with Crippen LogP contribution in [0.1, 0.15) is 30.7 Å². The molecular weight excluding hydrogens is 424 g/mol. The molecule has 4 heterocycles. The molecule has 1 saturated heterocycles. The molecule has 2 unspecified atom stereocenters. The molecule has 2 aromatic heterocycles. The second-order valence-corrected chi connectivity index (χ2v) is 9.81. The Balaban J connectivity index is 1.56. The molecule has 0 radical (unpaired) electrons. The minimum absolute atomic E-state index is 0.180. The molecular formula is C24H26N4O3S. The maximum absolute atomic E-state index is 13.8. The molecule has 6 rings (SSSR count). The summed E-state index contributed by atoms with van der Waals surface area (Å²) >= 11 is 1.62. The first-order valence-electron chi connectivity index (χ1n) is 11.2. The van der Waals surface area contributed by atoms with Crippen molar-refractivity contribution in [3.05, 3.63) is 85.3 Å². The molecule has 2 atom stereocenters. The van der Waals surface area contributed by atoms with Gasteiger partial charge in [-0.15, -0.1) is 11.3 Å². The molecule has 3 aliphatic rings. The second kappa shape index (κ2) is 7.43. The van der Waals surface area contributed by atoms with Crippen LogP contribution >= 0.6 is 11.3 Å². The minimum Gasteiger partial charge on any atom is -0.379 e. The normalized spacial score (nSPS) is 23.0. The fraction of sp³-hybridized carbons (Fsp3) is 0.417. The lowest BCUT2D eigenvalue weighted by Gasteiger charge is -2.40. The number of allylic oxidation sites excluding steroid dienone is 1. The number of thiophene rings is 1. The van der Waals surface area contributed by atoms with Crippen molar-refractivity contribution in [1.29, 1.82) is 0 Å². The van der Waals surface area contributed by atoms with Crippen LogP contribution in [0.3, 0.4) is 0 Å². The van der Waals surface area contributed by atoms with Crippen molar-refractivity contribution in [3.8, 4) is 5.69 Å². The van der Waals surface area contributed by atoms with E-state index >= 15 is 0 Å². The predicted molar refractivity (Wildman–Crippen MR) is 124 cm³/mol. The average Bonchev–Trinajstić information content (AvgIpc) is 3.29. The quantitative estimate of drug-likeness (QED) is 0.574. The fourth-order valence-electron chi connectivity index (χ4n) is 5.38. The van der Waals surface area contributed by atoms with Crippen LogP contribution in [0.5, 0.6) is 0 Å². The zero-order chi connectivity index (χ0) is 21.9. The van der Waals surface area contributed by atoms with E-state index in [2.05, 4.69) is 24.0 Å². The highest BCUT2D eigenvalue weighted by atomic mass is 32.1. The average molecular weight is 451 g/mol. The molecule has 1 aromatic carbocycles. The number of nitrogens with zero attached hydrogens (tertiary/aromatic N) is 4. The van der Waals surface area contributed by atoms with Crippen molar-refractivity contribution < 1.29 is 4.74 Å². The van der Waals surface area contributed by atoms with Gasteiger partial charge in [0.2, 0.25) is 0 Å². The summed E-state index contributed by atoms with van der Waals surface area (Å²) in [5, 5.41) is 2.03. The van der Waals surface area contributed by atoms with Gasteiger partial charge in [0.05, 0.1) is 24.4 Å². The Morgan fingerprint density at radius 2 is 1.78 bits per heavy atom. The van der Waals surface area contributed by atoms with Gasteiger partial charge in [-0.3, -0.25) is 4.90 Å². The Bertz CT molecular complexity index is 1270. The van der Waals surface area contributed by atoms with E-state index in [1.54, 1.807) is 20.7 Å². The molecule has 0 amide bonds. The largest absolute Gasteiger partial charge is 0.379 e. The van der Waals surface area contributed by atoms with Gasteiger partial charge in [-0.2, -0.15) is 0 Å². The predicted octanol–water partition coefficient (Wildman–Crippen LogP) is 2.60. The van der Waals surface area contributed by atoms with Gasteiger partial charge in [-0.05, 0) is 48.9 Å². The van der Waals surface area contributed by atoms with E-state index in [1.807, 2.05) is 41.8 Å². The lowest BCUT2D eigenvalue weighted by atomic mass is 9.92. The third-order valence-electron chi connectivity index (χ3n) is 7.14. The zero-order valence-electron chi connectivity index (χ0n) is 18.0. The Kier molecular flexibility index (Phi) is 4.64. The highest BCUT2D eigenvalue weighted by molar-refractivity contribution is 7.10. The summed E-state index contributed by atoms with van der Waals surface area (Å²) in [6.45, 7) is 5.45. The van der Waals surface area contributed by atoms with Gasteiger partial charge in [-0.1, -0.05) is 30.3 Å². The summed E-state index contributed by atoms with van der Waals surface area (Å²) in [7, 11) is 0. The number of para-hydroxylation sites is 1. The maximum atomic E-state index is 13.8. The Hall–Kier alpha value is -2.68. The van der Waals surface area contributed by atoms with Crippen LogP contribution in [-0.4, -0.2) is 51.2 Å². The summed E-state index contributed by atoms with van der Waals surface area (Å²) in [5.41, 5.74) is 0.924. The molecule has 0 N–H and O–H groups in total. The van der Waals surface area contributed by atoms with E-state index in [4.69, 9.17) is 4.74 Å². The molecule has 1 aliphatic carbocycles. The monoisotopic (exact) mass is 450 g/mol. The number of benzene rings is 1. The molecule has 32 heavy (non-hydrogen) atoms. The molecule has 3 aromatic rings. The van der Waals surface area contributed by atoms with E-state index in [0.29, 0.717) is 5.69 Å². The van der Waals surface area contributed by atoms with Crippen LogP contribution < -0.4 is 11.4 Å². The van der Waals surface area contributed by atoms with Gasteiger partial charge in [0.1, 0.15) is 6.04 Å². The number of hydrogen-bond acceptors (Lipinski definition) is 5. The van der Waals surface area contributed by atoms with Crippen molar-refractivity contribution in [2.75, 3.05) is 26.3 Å². The van der Waals surface area contributed by atoms with Crippen LogP contribution in [0, 0.1) is 0 Å². The SMILES string of the molecule is CC(C1=CC(c2cccs2)n2c(=O)n(-c3ccccc3)c(=O)n2C12CC2)N1CCOCC1. The van der Waals surface area contributed by atoms with Crippen LogP contribution in [0.4, 0.5) is 0 Å². The van der Waals surface area contributed by atoms with Gasteiger partial charge in [-0.25, -0.2) is 23.5 Å². The molecule has 2 aliphatic heterocycles. The van der Waals surface area contributed by atoms with E-state index in [0.717, 1.165) is 44.0 Å². The Morgan fingerprint density at radius 1 is 1.03 bits per heavy atom. The van der Waals surface area contributed by atoms with Gasteiger partial charge < -0.3 is 4.74 Å². The van der Waals surface area contributed by atoms with E-state index in [1.165, 1.54) is 10.1 Å². The Morgan fingerprint density at radius 3 is 2.44 bits per heavy atom.